The second-order valence-electron chi connectivity index (χ2n) is 20.1. The first kappa shape index (κ1) is 57.2. The Morgan fingerprint density at radius 3 is 1.28 bits per heavy atom. The third kappa shape index (κ3) is 14.5. The van der Waals surface area contributed by atoms with Crippen LogP contribution in [0.2, 0.25) is 5.02 Å². The van der Waals surface area contributed by atoms with Gasteiger partial charge in [-0.15, -0.1) is 34.0 Å². The molecule has 9 aromatic rings. The molecule has 3 aromatic heterocycles. The number of carbonyl (C=O) groups is 6. The molecule has 0 spiro atoms. The molecule has 1 unspecified atom stereocenters. The lowest BCUT2D eigenvalue weighted by Crippen LogP contribution is -2.35. The first-order valence-electron chi connectivity index (χ1n) is 26.0. The molecule has 3 N–H and O–H groups in total. The maximum atomic E-state index is 14.7. The summed E-state index contributed by atoms with van der Waals surface area (Å²) >= 11 is 9.68. The van der Waals surface area contributed by atoms with Crippen molar-refractivity contribution >= 4 is 96.2 Å². The lowest BCUT2D eigenvalue weighted by Gasteiger charge is -2.29. The van der Waals surface area contributed by atoms with Gasteiger partial charge in [0.2, 0.25) is 17.7 Å². The van der Waals surface area contributed by atoms with Gasteiger partial charge in [0.15, 0.2) is 0 Å². The third-order valence-corrected chi connectivity index (χ3v) is 16.4. The maximum Gasteiger partial charge on any atom is 0.349 e. The third-order valence-electron chi connectivity index (χ3n) is 13.5. The molecule has 0 aliphatic carbocycles. The maximum absolute atomic E-state index is 14.7. The zero-order chi connectivity index (χ0) is 57.0. The molecule has 0 radical (unpaired) electrons. The number of halogens is 1. The average Bonchev–Trinajstić information content (AvgIpc) is 4.26. The molecule has 81 heavy (non-hydrogen) atoms. The van der Waals surface area contributed by atoms with Crippen molar-refractivity contribution in [3.63, 3.8) is 0 Å². The zero-order valence-electron chi connectivity index (χ0n) is 44.7. The molecule has 0 aliphatic rings. The van der Waals surface area contributed by atoms with E-state index in [-0.39, 0.29) is 63.0 Å². The van der Waals surface area contributed by atoms with Crippen molar-refractivity contribution in [1.29, 1.82) is 0 Å². The summed E-state index contributed by atoms with van der Waals surface area (Å²) in [5.74, 6) is -3.50. The van der Waals surface area contributed by atoms with E-state index in [0.29, 0.717) is 68.4 Å². The molecule has 6 aromatic carbocycles. The molecule has 0 saturated heterocycles. The predicted molar refractivity (Wildman–Crippen MR) is 324 cm³/mol. The Kier molecular flexibility index (Phi) is 18.5. The highest BCUT2D eigenvalue weighted by atomic mass is 35.5. The van der Waals surface area contributed by atoms with Gasteiger partial charge >= 0.3 is 17.9 Å². The number of thiophene rings is 3. The number of esters is 3. The number of benzene rings is 6. The summed E-state index contributed by atoms with van der Waals surface area (Å²) in [5, 5.41) is 15.2. The van der Waals surface area contributed by atoms with Gasteiger partial charge in [-0.2, -0.15) is 0 Å². The lowest BCUT2D eigenvalue weighted by atomic mass is 9.76. The van der Waals surface area contributed by atoms with Gasteiger partial charge in [-0.25, -0.2) is 14.4 Å². The first-order valence-corrected chi connectivity index (χ1v) is 29.0. The molecule has 3 heterocycles. The van der Waals surface area contributed by atoms with Gasteiger partial charge in [-0.1, -0.05) is 160 Å². The van der Waals surface area contributed by atoms with Crippen molar-refractivity contribution in [2.45, 2.75) is 52.9 Å². The van der Waals surface area contributed by atoms with Crippen LogP contribution in [0.25, 0.3) is 33.4 Å². The lowest BCUT2D eigenvalue weighted by molar-refractivity contribution is -0.123. The SMILES string of the molecule is COc1ccc(-c2csc(NC(=O)CCc3ccccc3)c2C(=O)OC(=O)c2c(-c3ccc(OC(=O)c4c(-c5ccc(Cl)cc5)csc4NC(=O)C(Cc4ccccc4)C(C)(C)C)cc3)csc2NC(=O)CCc2ccccc2)cc1. The highest BCUT2D eigenvalue weighted by molar-refractivity contribution is 7.16. The molecule has 0 fully saturated rings. The molecule has 1 atom stereocenters. The number of carbonyl (C=O) groups excluding carboxylic acids is 6. The number of rotatable bonds is 20. The number of anilines is 3. The van der Waals surface area contributed by atoms with Crippen LogP contribution in [-0.4, -0.2) is 42.7 Å². The van der Waals surface area contributed by atoms with Crippen molar-refractivity contribution in [2.75, 3.05) is 23.1 Å². The largest absolute Gasteiger partial charge is 0.497 e. The van der Waals surface area contributed by atoms with Crippen LogP contribution >= 0.6 is 45.6 Å². The first-order chi connectivity index (χ1) is 39.1. The van der Waals surface area contributed by atoms with Gasteiger partial charge < -0.3 is 30.2 Å². The number of hydrogen-bond donors (Lipinski definition) is 3. The van der Waals surface area contributed by atoms with Crippen molar-refractivity contribution in [3.8, 4) is 44.9 Å². The summed E-state index contributed by atoms with van der Waals surface area (Å²) in [5.41, 5.74) is 5.56. The topological polar surface area (TPSA) is 166 Å². The molecule has 0 aliphatic heterocycles. The second kappa shape index (κ2) is 26.2. The normalized spacial score (nSPS) is 11.5. The van der Waals surface area contributed by atoms with Crippen LogP contribution in [0.4, 0.5) is 15.0 Å². The van der Waals surface area contributed by atoms with E-state index in [2.05, 4.69) is 16.0 Å². The minimum atomic E-state index is -1.06. The average molecular weight is 1150 g/mol. The van der Waals surface area contributed by atoms with Crippen LogP contribution in [0.1, 0.15) is 81.4 Å². The van der Waals surface area contributed by atoms with Crippen LogP contribution in [0, 0.1) is 11.3 Å². The van der Waals surface area contributed by atoms with E-state index in [1.165, 1.54) is 11.3 Å². The van der Waals surface area contributed by atoms with Crippen LogP contribution in [0.3, 0.4) is 0 Å². The van der Waals surface area contributed by atoms with Crippen LogP contribution in [0.15, 0.2) is 180 Å². The van der Waals surface area contributed by atoms with Gasteiger partial charge in [0.05, 0.1) is 7.11 Å². The van der Waals surface area contributed by atoms with Crippen molar-refractivity contribution in [1.82, 2.24) is 0 Å². The predicted octanol–water partition coefficient (Wildman–Crippen LogP) is 15.7. The quantitative estimate of drug-likeness (QED) is 0.0382. The zero-order valence-corrected chi connectivity index (χ0v) is 47.9. The van der Waals surface area contributed by atoms with Gasteiger partial charge in [0.1, 0.15) is 43.2 Å². The number of ether oxygens (including phenoxy) is 3. The summed E-state index contributed by atoms with van der Waals surface area (Å²) in [6.07, 6.45) is 1.60. The minimum Gasteiger partial charge on any atom is -0.497 e. The molecular formula is C65H56ClN3O9S3. The fraction of sp³-hybridized carbons (Fsp3) is 0.169. The van der Waals surface area contributed by atoms with Crippen LogP contribution in [0.5, 0.6) is 11.5 Å². The number of nitrogens with one attached hydrogen (secondary N) is 3. The Labute approximate surface area is 486 Å². The standard InChI is InChI=1S/C65H56ClN3O9S3/c1-65(2,3)52(36-42-18-12-7-13-19-42)58(72)69-61-57(49(39-81-61)43-22-28-46(66)29-23-43)62(73)77-48-32-26-45(27-33-48)51-38-80-60(68-54(71)35-21-41-16-10-6-11-17-41)56(51)64(75)78-63(74)55-50(44-24-30-47(76-4)31-25-44)37-79-59(55)67-53(70)34-20-40-14-8-5-9-15-40/h5-19,22-33,37-39,52H,20-21,34-36H2,1-4H3,(H,67,70)(H,68,71)(H,69,72). The Bertz CT molecular complexity index is 3690. The molecule has 12 nitrogen and oxygen atoms in total. The van der Waals surface area contributed by atoms with Crippen molar-refractivity contribution in [2.24, 2.45) is 11.3 Å². The number of methoxy groups -OCH3 is 1. The van der Waals surface area contributed by atoms with Gasteiger partial charge in [0.25, 0.3) is 0 Å². The summed E-state index contributed by atoms with van der Waals surface area (Å²) in [6.45, 7) is 6.03. The minimum absolute atomic E-state index is 0.0308. The van der Waals surface area contributed by atoms with Crippen molar-refractivity contribution < 1.29 is 43.0 Å². The molecule has 410 valence electrons. The number of aryl methyl sites for hydroxylation is 2. The van der Waals surface area contributed by atoms with Gasteiger partial charge in [-0.3, -0.25) is 14.4 Å². The van der Waals surface area contributed by atoms with Gasteiger partial charge in [0, 0.05) is 56.6 Å². The van der Waals surface area contributed by atoms with Gasteiger partial charge in [-0.05, 0) is 94.5 Å². The van der Waals surface area contributed by atoms with Crippen molar-refractivity contribution in [3.05, 3.63) is 218 Å². The highest BCUT2D eigenvalue weighted by Crippen LogP contribution is 2.42. The van der Waals surface area contributed by atoms with Crippen LogP contribution in [-0.2, 0) is 38.4 Å². The molecule has 9 rings (SSSR count). The molecule has 16 heteroatoms. The van der Waals surface area contributed by atoms with E-state index in [4.69, 9.17) is 25.8 Å². The molecule has 0 bridgehead atoms. The number of amides is 3. The van der Waals surface area contributed by atoms with E-state index >= 15 is 0 Å². The summed E-state index contributed by atoms with van der Waals surface area (Å²) in [7, 11) is 1.54. The Balaban J connectivity index is 1.00. The molecule has 0 saturated carbocycles. The highest BCUT2D eigenvalue weighted by Gasteiger charge is 2.34. The Hall–Kier alpha value is -8.47. The Morgan fingerprint density at radius 2 is 0.864 bits per heavy atom. The Morgan fingerprint density at radius 1 is 0.481 bits per heavy atom. The summed E-state index contributed by atoms with van der Waals surface area (Å²) < 4.78 is 17.2. The van der Waals surface area contributed by atoms with E-state index in [1.807, 2.05) is 112 Å². The molecule has 3 amide bonds. The smallest absolute Gasteiger partial charge is 0.349 e. The second-order valence-corrected chi connectivity index (χ2v) is 23.1. The fourth-order valence-corrected chi connectivity index (χ4v) is 12.1. The van der Waals surface area contributed by atoms with E-state index in [0.717, 1.165) is 39.4 Å². The van der Waals surface area contributed by atoms with E-state index in [1.54, 1.807) is 96.0 Å². The monoisotopic (exact) mass is 1150 g/mol. The summed E-state index contributed by atoms with van der Waals surface area (Å²) in [4.78, 5) is 85.1. The van der Waals surface area contributed by atoms with E-state index in [9.17, 15) is 28.8 Å². The summed E-state index contributed by atoms with van der Waals surface area (Å²) in [6, 6.07) is 49.2. The van der Waals surface area contributed by atoms with E-state index < -0.39 is 29.2 Å². The van der Waals surface area contributed by atoms with Crippen LogP contribution < -0.4 is 25.4 Å². The molecular weight excluding hydrogens is 1100 g/mol. The fourth-order valence-electron chi connectivity index (χ4n) is 9.07. The number of hydrogen-bond acceptors (Lipinski definition) is 12.